The Bertz CT molecular complexity index is 314. The molecule has 2 nitrogen and oxygen atoms in total. The molecule has 0 aromatic heterocycles. The van der Waals surface area contributed by atoms with Gasteiger partial charge in [0.25, 0.3) is 5.24 Å². The number of carbonyl (C=O) groups excluding carboxylic acids is 1. The van der Waals surface area contributed by atoms with Gasteiger partial charge in [0.2, 0.25) is 0 Å². The lowest BCUT2D eigenvalue weighted by atomic mass is 10.2. The third-order valence-corrected chi connectivity index (χ3v) is 2.04. The minimum atomic E-state index is -0.485. The molecule has 0 aliphatic rings. The van der Waals surface area contributed by atoms with Crippen LogP contribution in [-0.2, 0) is 0 Å². The van der Waals surface area contributed by atoms with Gasteiger partial charge in [-0.15, -0.1) is 0 Å². The van der Waals surface area contributed by atoms with Crippen molar-refractivity contribution in [3.63, 3.8) is 0 Å². The van der Waals surface area contributed by atoms with Crippen molar-refractivity contribution in [3.05, 3.63) is 29.6 Å². The van der Waals surface area contributed by atoms with Crippen molar-refractivity contribution in [1.82, 2.24) is 0 Å². The number of hydrogen-bond acceptors (Lipinski definition) is 2. The fourth-order valence-corrected chi connectivity index (χ4v) is 1.40. The highest BCUT2D eigenvalue weighted by Gasteiger charge is 2.01. The molecule has 0 atom stereocenters. The monoisotopic (exact) mass is 185 g/mol. The minimum Gasteiger partial charge on any atom is -0.360 e. The van der Waals surface area contributed by atoms with Gasteiger partial charge in [-0.3, -0.25) is 4.79 Å². The molecule has 0 heterocycles. The molecule has 0 spiro atoms. The molecule has 0 radical (unpaired) electrons. The van der Waals surface area contributed by atoms with Crippen molar-refractivity contribution in [2.75, 3.05) is 0 Å². The van der Waals surface area contributed by atoms with Crippen LogP contribution in [0.4, 0.5) is 9.18 Å². The summed E-state index contributed by atoms with van der Waals surface area (Å²) in [6.07, 6.45) is 0. The zero-order valence-electron chi connectivity index (χ0n) is 6.50. The van der Waals surface area contributed by atoms with E-state index in [1.165, 1.54) is 12.1 Å². The Morgan fingerprint density at radius 3 is 2.75 bits per heavy atom. The maximum atomic E-state index is 12.7. The van der Waals surface area contributed by atoms with Crippen LogP contribution in [0.2, 0.25) is 0 Å². The standard InChI is InChI=1S/C8H8FNOS/c1-5-4-6(12-8(10)11)2-3-7(5)9/h2-4H,1H3,(H2,10,11). The number of thioether (sulfide) groups is 1. The molecule has 0 bridgehead atoms. The molecule has 64 valence electrons. The first-order valence-electron chi connectivity index (χ1n) is 3.33. The van der Waals surface area contributed by atoms with E-state index in [1.807, 2.05) is 0 Å². The number of amides is 1. The Morgan fingerprint density at radius 2 is 2.25 bits per heavy atom. The van der Waals surface area contributed by atoms with Gasteiger partial charge in [-0.2, -0.15) is 0 Å². The largest absolute Gasteiger partial charge is 0.360 e. The second kappa shape index (κ2) is 3.58. The van der Waals surface area contributed by atoms with Gasteiger partial charge in [0.15, 0.2) is 0 Å². The van der Waals surface area contributed by atoms with Crippen LogP contribution in [0.1, 0.15) is 5.56 Å². The van der Waals surface area contributed by atoms with Gasteiger partial charge in [-0.05, 0) is 42.4 Å². The van der Waals surface area contributed by atoms with Gasteiger partial charge in [0, 0.05) is 4.90 Å². The zero-order valence-corrected chi connectivity index (χ0v) is 7.32. The van der Waals surface area contributed by atoms with Gasteiger partial charge in [0.05, 0.1) is 0 Å². The summed E-state index contributed by atoms with van der Waals surface area (Å²) < 4.78 is 12.7. The Labute approximate surface area is 74.0 Å². The normalized spacial score (nSPS) is 9.83. The molecule has 2 N–H and O–H groups in total. The molecular formula is C8H8FNOS. The summed E-state index contributed by atoms with van der Waals surface area (Å²) in [7, 11) is 0. The van der Waals surface area contributed by atoms with E-state index in [-0.39, 0.29) is 5.82 Å². The molecule has 1 rings (SSSR count). The van der Waals surface area contributed by atoms with Crippen molar-refractivity contribution < 1.29 is 9.18 Å². The second-order valence-corrected chi connectivity index (χ2v) is 3.41. The van der Waals surface area contributed by atoms with E-state index in [9.17, 15) is 9.18 Å². The third kappa shape index (κ3) is 2.23. The highest BCUT2D eigenvalue weighted by molar-refractivity contribution is 8.13. The number of hydrogen-bond donors (Lipinski definition) is 1. The first-order valence-corrected chi connectivity index (χ1v) is 4.14. The molecule has 12 heavy (non-hydrogen) atoms. The van der Waals surface area contributed by atoms with Gasteiger partial charge < -0.3 is 5.73 Å². The first-order chi connectivity index (χ1) is 5.59. The summed E-state index contributed by atoms with van der Waals surface area (Å²) in [5.41, 5.74) is 5.46. The molecular weight excluding hydrogens is 177 g/mol. The van der Waals surface area contributed by atoms with E-state index in [1.54, 1.807) is 13.0 Å². The van der Waals surface area contributed by atoms with Gasteiger partial charge in [0.1, 0.15) is 5.82 Å². The number of aryl methyl sites for hydroxylation is 1. The first kappa shape index (κ1) is 9.06. The van der Waals surface area contributed by atoms with Crippen LogP contribution in [0.15, 0.2) is 23.1 Å². The highest BCUT2D eigenvalue weighted by Crippen LogP contribution is 2.20. The smallest absolute Gasteiger partial charge is 0.281 e. The number of rotatable bonds is 1. The molecule has 0 saturated carbocycles. The lowest BCUT2D eigenvalue weighted by Gasteiger charge is -1.99. The Morgan fingerprint density at radius 1 is 1.58 bits per heavy atom. The van der Waals surface area contributed by atoms with Crippen molar-refractivity contribution >= 4 is 17.0 Å². The Balaban J connectivity index is 2.89. The van der Waals surface area contributed by atoms with Crippen LogP contribution >= 0.6 is 11.8 Å². The van der Waals surface area contributed by atoms with Crippen LogP contribution in [0.5, 0.6) is 0 Å². The van der Waals surface area contributed by atoms with Crippen LogP contribution < -0.4 is 5.73 Å². The van der Waals surface area contributed by atoms with Crippen LogP contribution in [0.25, 0.3) is 0 Å². The second-order valence-electron chi connectivity index (χ2n) is 2.33. The van der Waals surface area contributed by atoms with Gasteiger partial charge in [-0.25, -0.2) is 4.39 Å². The summed E-state index contributed by atoms with van der Waals surface area (Å²) in [4.78, 5) is 11.1. The van der Waals surface area contributed by atoms with Crippen LogP contribution in [-0.4, -0.2) is 5.24 Å². The van der Waals surface area contributed by atoms with E-state index in [2.05, 4.69) is 0 Å². The van der Waals surface area contributed by atoms with Gasteiger partial charge in [-0.1, -0.05) is 0 Å². The van der Waals surface area contributed by atoms with Crippen LogP contribution in [0.3, 0.4) is 0 Å². The number of primary amides is 1. The van der Waals surface area contributed by atoms with Crippen molar-refractivity contribution in [3.8, 4) is 0 Å². The third-order valence-electron chi connectivity index (χ3n) is 1.35. The number of nitrogens with two attached hydrogens (primary N) is 1. The Hall–Kier alpha value is -1.03. The summed E-state index contributed by atoms with van der Waals surface area (Å²) in [5, 5.41) is -0.485. The summed E-state index contributed by atoms with van der Waals surface area (Å²) in [5.74, 6) is -0.274. The number of benzene rings is 1. The lowest BCUT2D eigenvalue weighted by molar-refractivity contribution is 0.267. The quantitative estimate of drug-likeness (QED) is 0.682. The predicted octanol–water partition coefficient (Wildman–Crippen LogP) is 2.30. The molecule has 0 saturated heterocycles. The van der Waals surface area contributed by atoms with Crippen molar-refractivity contribution in [1.29, 1.82) is 0 Å². The highest BCUT2D eigenvalue weighted by atomic mass is 32.2. The topological polar surface area (TPSA) is 43.1 Å². The van der Waals surface area contributed by atoms with Crippen LogP contribution in [0, 0.1) is 12.7 Å². The van der Waals surface area contributed by atoms with E-state index >= 15 is 0 Å². The molecule has 1 aromatic carbocycles. The van der Waals surface area contributed by atoms with Gasteiger partial charge >= 0.3 is 0 Å². The lowest BCUT2D eigenvalue weighted by Crippen LogP contribution is -2.01. The molecule has 4 heteroatoms. The average molecular weight is 185 g/mol. The predicted molar refractivity (Wildman–Crippen MR) is 46.6 cm³/mol. The molecule has 0 aliphatic carbocycles. The maximum Gasteiger partial charge on any atom is 0.281 e. The zero-order chi connectivity index (χ0) is 9.14. The van der Waals surface area contributed by atoms with E-state index in [0.29, 0.717) is 10.5 Å². The average Bonchev–Trinajstić information content (AvgIpc) is 1.96. The SMILES string of the molecule is Cc1cc(SC(N)=O)ccc1F. The Kier molecular flexibility index (Phi) is 2.70. The summed E-state index contributed by atoms with van der Waals surface area (Å²) in [6, 6.07) is 4.43. The minimum absolute atomic E-state index is 0.274. The van der Waals surface area contributed by atoms with E-state index in [0.717, 1.165) is 11.8 Å². The summed E-state index contributed by atoms with van der Waals surface area (Å²) in [6.45, 7) is 1.64. The van der Waals surface area contributed by atoms with E-state index in [4.69, 9.17) is 5.73 Å². The fourth-order valence-electron chi connectivity index (χ4n) is 0.797. The maximum absolute atomic E-state index is 12.7. The molecule has 1 amide bonds. The van der Waals surface area contributed by atoms with E-state index < -0.39 is 5.24 Å². The van der Waals surface area contributed by atoms with Crippen molar-refractivity contribution in [2.24, 2.45) is 5.73 Å². The number of carbonyl (C=O) groups is 1. The van der Waals surface area contributed by atoms with Crippen molar-refractivity contribution in [2.45, 2.75) is 11.8 Å². The molecule has 0 unspecified atom stereocenters. The molecule has 0 fully saturated rings. The summed E-state index contributed by atoms with van der Waals surface area (Å²) >= 11 is 0.894. The number of halogens is 1. The fraction of sp³-hybridized carbons (Fsp3) is 0.125. The molecule has 1 aromatic rings. The molecule has 0 aliphatic heterocycles.